The van der Waals surface area contributed by atoms with Crippen molar-refractivity contribution in [2.75, 3.05) is 33.3 Å². The van der Waals surface area contributed by atoms with Crippen LogP contribution in [0.3, 0.4) is 0 Å². The summed E-state index contributed by atoms with van der Waals surface area (Å²) in [6, 6.07) is 5.60. The number of nitrogens with zero attached hydrogens (tertiary/aromatic N) is 1. The van der Waals surface area contributed by atoms with E-state index in [9.17, 15) is 5.11 Å². The highest BCUT2D eigenvalue weighted by molar-refractivity contribution is 5.42. The van der Waals surface area contributed by atoms with Crippen LogP contribution >= 0.6 is 0 Å². The number of phenols is 1. The molecule has 1 aromatic rings. The molecule has 0 bridgehead atoms. The average Bonchev–Trinajstić information content (AvgIpc) is 2.46. The van der Waals surface area contributed by atoms with Crippen molar-refractivity contribution in [3.8, 4) is 11.5 Å². The van der Waals surface area contributed by atoms with Gasteiger partial charge in [0.15, 0.2) is 0 Å². The van der Waals surface area contributed by atoms with Crippen molar-refractivity contribution < 1.29 is 9.84 Å². The van der Waals surface area contributed by atoms with Gasteiger partial charge in [-0.25, -0.2) is 0 Å². The van der Waals surface area contributed by atoms with E-state index in [4.69, 9.17) is 4.74 Å². The first kappa shape index (κ1) is 13.9. The van der Waals surface area contributed by atoms with Crippen molar-refractivity contribution in [1.29, 1.82) is 0 Å². The lowest BCUT2D eigenvalue weighted by Gasteiger charge is -2.35. The molecule has 104 valence electrons. The monoisotopic (exact) mass is 262 g/mol. The van der Waals surface area contributed by atoms with Crippen molar-refractivity contribution in [3.05, 3.63) is 36.4 Å². The molecule has 1 fully saturated rings. The second-order valence-corrected chi connectivity index (χ2v) is 4.75. The maximum atomic E-state index is 9.57. The summed E-state index contributed by atoms with van der Waals surface area (Å²) in [6.07, 6.45) is 2.82. The molecule has 0 saturated carbocycles. The van der Waals surface area contributed by atoms with Gasteiger partial charge in [-0.05, 0) is 12.5 Å². The number of ether oxygens (including phenoxy) is 1. The maximum Gasteiger partial charge on any atom is 0.127 e. The van der Waals surface area contributed by atoms with E-state index in [1.165, 1.54) is 0 Å². The van der Waals surface area contributed by atoms with Gasteiger partial charge in [-0.1, -0.05) is 12.1 Å². The minimum Gasteiger partial charge on any atom is -0.508 e. The molecule has 2 N–H and O–H groups in total. The summed E-state index contributed by atoms with van der Waals surface area (Å²) >= 11 is 0. The molecule has 0 aliphatic carbocycles. The van der Waals surface area contributed by atoms with Gasteiger partial charge in [-0.2, -0.15) is 0 Å². The predicted molar refractivity (Wildman–Crippen MR) is 76.7 cm³/mol. The SMILES string of the molecule is C=CC[C@H](c1ccc(O)cc1OC)N1CCNCC1. The molecule has 0 radical (unpaired) electrons. The van der Waals surface area contributed by atoms with Gasteiger partial charge in [-0.3, -0.25) is 4.90 Å². The first-order valence-corrected chi connectivity index (χ1v) is 6.69. The Kier molecular flexibility index (Phi) is 4.82. The van der Waals surface area contributed by atoms with Gasteiger partial charge >= 0.3 is 0 Å². The van der Waals surface area contributed by atoms with Crippen LogP contribution in [0.25, 0.3) is 0 Å². The third kappa shape index (κ3) is 3.28. The van der Waals surface area contributed by atoms with Gasteiger partial charge in [0.2, 0.25) is 0 Å². The molecule has 1 heterocycles. The number of aromatic hydroxyl groups is 1. The molecular weight excluding hydrogens is 240 g/mol. The van der Waals surface area contributed by atoms with Gasteiger partial charge in [0.05, 0.1) is 7.11 Å². The van der Waals surface area contributed by atoms with Gasteiger partial charge in [0.1, 0.15) is 11.5 Å². The summed E-state index contributed by atoms with van der Waals surface area (Å²) in [5.74, 6) is 0.976. The molecule has 1 atom stereocenters. The Morgan fingerprint density at radius 1 is 1.47 bits per heavy atom. The van der Waals surface area contributed by atoms with E-state index in [1.807, 2.05) is 12.1 Å². The number of rotatable bonds is 5. The minimum atomic E-state index is 0.235. The summed E-state index contributed by atoms with van der Waals surface area (Å²) in [4.78, 5) is 2.44. The van der Waals surface area contributed by atoms with Gasteiger partial charge in [0.25, 0.3) is 0 Å². The average molecular weight is 262 g/mol. The first-order chi connectivity index (χ1) is 9.26. The molecule has 19 heavy (non-hydrogen) atoms. The van der Waals surface area contributed by atoms with E-state index in [1.54, 1.807) is 19.2 Å². The molecule has 1 aliphatic heterocycles. The van der Waals surface area contributed by atoms with Gasteiger partial charge in [0, 0.05) is 43.9 Å². The first-order valence-electron chi connectivity index (χ1n) is 6.69. The highest BCUT2D eigenvalue weighted by Crippen LogP contribution is 2.34. The number of phenolic OH excluding ortho intramolecular Hbond substituents is 1. The molecule has 0 aromatic heterocycles. The summed E-state index contributed by atoms with van der Waals surface area (Å²) < 4.78 is 5.41. The lowest BCUT2D eigenvalue weighted by Crippen LogP contribution is -2.45. The standard InChI is InChI=1S/C15H22N2O2/c1-3-4-14(17-9-7-16-8-10-17)13-6-5-12(18)11-15(13)19-2/h3,5-6,11,14,16,18H,1,4,7-10H2,2H3/t14-/m1/s1. The molecule has 1 saturated heterocycles. The van der Waals surface area contributed by atoms with Gasteiger partial charge < -0.3 is 15.2 Å². The Bertz CT molecular complexity index is 428. The molecule has 4 heteroatoms. The number of methoxy groups -OCH3 is 1. The lowest BCUT2D eigenvalue weighted by atomic mass is 10.00. The predicted octanol–water partition coefficient (Wildman–Crippen LogP) is 1.92. The van der Waals surface area contributed by atoms with Crippen LogP contribution in [0, 0.1) is 0 Å². The fraction of sp³-hybridized carbons (Fsp3) is 0.467. The summed E-state index contributed by atoms with van der Waals surface area (Å²) in [5, 5.41) is 12.9. The molecule has 2 rings (SSSR count). The largest absolute Gasteiger partial charge is 0.508 e. The smallest absolute Gasteiger partial charge is 0.127 e. The van der Waals surface area contributed by atoms with Crippen LogP contribution in [0.4, 0.5) is 0 Å². The molecule has 0 spiro atoms. The second-order valence-electron chi connectivity index (χ2n) is 4.75. The zero-order chi connectivity index (χ0) is 13.7. The molecule has 0 unspecified atom stereocenters. The fourth-order valence-electron chi connectivity index (χ4n) is 2.60. The number of hydrogen-bond donors (Lipinski definition) is 2. The Balaban J connectivity index is 2.29. The normalized spacial score (nSPS) is 17.9. The Labute approximate surface area is 114 Å². The van der Waals surface area contributed by atoms with Crippen LogP contribution in [-0.2, 0) is 0 Å². The van der Waals surface area contributed by atoms with E-state index in [0.717, 1.165) is 43.9 Å². The third-order valence-corrected chi connectivity index (χ3v) is 3.56. The van der Waals surface area contributed by atoms with Crippen molar-refractivity contribution in [1.82, 2.24) is 10.2 Å². The minimum absolute atomic E-state index is 0.235. The summed E-state index contributed by atoms with van der Waals surface area (Å²) in [5.41, 5.74) is 1.11. The molecule has 0 amide bonds. The number of benzene rings is 1. The van der Waals surface area contributed by atoms with Crippen LogP contribution in [0.1, 0.15) is 18.0 Å². The highest BCUT2D eigenvalue weighted by atomic mass is 16.5. The third-order valence-electron chi connectivity index (χ3n) is 3.56. The summed E-state index contributed by atoms with van der Waals surface area (Å²) in [6.45, 7) is 7.91. The topological polar surface area (TPSA) is 44.7 Å². The van der Waals surface area contributed by atoms with E-state index in [2.05, 4.69) is 16.8 Å². The van der Waals surface area contributed by atoms with Crippen LogP contribution in [0.15, 0.2) is 30.9 Å². The Hall–Kier alpha value is -1.52. The van der Waals surface area contributed by atoms with E-state index in [0.29, 0.717) is 0 Å². The maximum absolute atomic E-state index is 9.57. The van der Waals surface area contributed by atoms with E-state index < -0.39 is 0 Å². The van der Waals surface area contributed by atoms with Gasteiger partial charge in [-0.15, -0.1) is 6.58 Å². The molecule has 4 nitrogen and oxygen atoms in total. The second kappa shape index (κ2) is 6.59. The fourth-order valence-corrected chi connectivity index (χ4v) is 2.60. The van der Waals surface area contributed by atoms with Crippen LogP contribution in [0.5, 0.6) is 11.5 Å². The van der Waals surface area contributed by atoms with Crippen molar-refractivity contribution in [2.45, 2.75) is 12.5 Å². The van der Waals surface area contributed by atoms with Crippen LogP contribution in [0.2, 0.25) is 0 Å². The Morgan fingerprint density at radius 2 is 2.21 bits per heavy atom. The van der Waals surface area contributed by atoms with Crippen molar-refractivity contribution in [3.63, 3.8) is 0 Å². The lowest BCUT2D eigenvalue weighted by molar-refractivity contribution is 0.171. The summed E-state index contributed by atoms with van der Waals surface area (Å²) in [7, 11) is 1.64. The van der Waals surface area contributed by atoms with Crippen LogP contribution < -0.4 is 10.1 Å². The molecule has 1 aromatic carbocycles. The van der Waals surface area contributed by atoms with Crippen LogP contribution in [-0.4, -0.2) is 43.3 Å². The number of hydrogen-bond acceptors (Lipinski definition) is 4. The highest BCUT2D eigenvalue weighted by Gasteiger charge is 2.23. The number of nitrogens with one attached hydrogen (secondary N) is 1. The number of piperazine rings is 1. The van der Waals surface area contributed by atoms with Crippen molar-refractivity contribution >= 4 is 0 Å². The van der Waals surface area contributed by atoms with Crippen molar-refractivity contribution in [2.24, 2.45) is 0 Å². The van der Waals surface area contributed by atoms with E-state index >= 15 is 0 Å². The Morgan fingerprint density at radius 3 is 2.84 bits per heavy atom. The van der Waals surface area contributed by atoms with E-state index in [-0.39, 0.29) is 11.8 Å². The molecule has 1 aliphatic rings. The quantitative estimate of drug-likeness (QED) is 0.796. The molecular formula is C15H22N2O2. The zero-order valence-corrected chi connectivity index (χ0v) is 11.4. The zero-order valence-electron chi connectivity index (χ0n) is 11.4.